The molecular formula is C21H19N5. The van der Waals surface area contributed by atoms with Gasteiger partial charge in [0.15, 0.2) is 5.65 Å². The average molecular weight is 341 g/mol. The minimum Gasteiger partial charge on any atom is -0.384 e. The Morgan fingerprint density at radius 1 is 1.04 bits per heavy atom. The van der Waals surface area contributed by atoms with Gasteiger partial charge in [0.1, 0.15) is 23.0 Å². The lowest BCUT2D eigenvalue weighted by Crippen LogP contribution is -2.02. The van der Waals surface area contributed by atoms with Crippen molar-refractivity contribution in [3.63, 3.8) is 0 Å². The zero-order chi connectivity index (χ0) is 18.1. The summed E-state index contributed by atoms with van der Waals surface area (Å²) in [7, 11) is 0. The van der Waals surface area contributed by atoms with Gasteiger partial charge < -0.3 is 5.73 Å². The highest BCUT2D eigenvalue weighted by Gasteiger charge is 2.19. The number of para-hydroxylation sites is 2. The average Bonchev–Trinajstić information content (AvgIpc) is 2.95. The van der Waals surface area contributed by atoms with Crippen molar-refractivity contribution in [2.75, 3.05) is 5.73 Å². The number of rotatable bonds is 4. The van der Waals surface area contributed by atoms with Gasteiger partial charge in [-0.15, -0.1) is 0 Å². The van der Waals surface area contributed by atoms with E-state index in [0.717, 1.165) is 23.1 Å². The van der Waals surface area contributed by atoms with Crippen LogP contribution < -0.4 is 5.73 Å². The Morgan fingerprint density at radius 2 is 1.73 bits per heavy atom. The van der Waals surface area contributed by atoms with E-state index in [9.17, 15) is 5.26 Å². The third-order valence-corrected chi connectivity index (χ3v) is 4.62. The summed E-state index contributed by atoms with van der Waals surface area (Å²) < 4.78 is 1.82. The second kappa shape index (κ2) is 6.49. The Hall–Kier alpha value is -3.39. The number of unbranched alkanes of at least 4 members (excludes halogenated alkanes) is 1. The van der Waals surface area contributed by atoms with Crippen LogP contribution in [0.5, 0.6) is 0 Å². The predicted octanol–water partition coefficient (Wildman–Crippen LogP) is 4.37. The van der Waals surface area contributed by atoms with Crippen LogP contribution in [-0.4, -0.2) is 14.5 Å². The molecule has 4 rings (SSSR count). The molecule has 0 saturated heterocycles. The van der Waals surface area contributed by atoms with Gasteiger partial charge in [0.2, 0.25) is 0 Å². The van der Waals surface area contributed by atoms with Gasteiger partial charge in [0, 0.05) is 5.69 Å². The molecule has 128 valence electrons. The first-order valence-corrected chi connectivity index (χ1v) is 8.79. The molecule has 0 spiro atoms. The van der Waals surface area contributed by atoms with Gasteiger partial charge in [0.05, 0.1) is 11.0 Å². The molecule has 2 N–H and O–H groups in total. The summed E-state index contributed by atoms with van der Waals surface area (Å²) in [6, 6.07) is 18.1. The van der Waals surface area contributed by atoms with Crippen molar-refractivity contribution in [2.24, 2.45) is 0 Å². The highest BCUT2D eigenvalue weighted by atomic mass is 15.1. The molecule has 0 bridgehead atoms. The molecule has 2 aromatic heterocycles. The first-order chi connectivity index (χ1) is 12.7. The van der Waals surface area contributed by atoms with E-state index in [1.54, 1.807) is 0 Å². The van der Waals surface area contributed by atoms with Crippen LogP contribution >= 0.6 is 0 Å². The molecule has 5 heteroatoms. The third kappa shape index (κ3) is 2.56. The molecule has 0 aliphatic rings. The van der Waals surface area contributed by atoms with Gasteiger partial charge in [-0.2, -0.15) is 5.26 Å². The summed E-state index contributed by atoms with van der Waals surface area (Å²) in [5.41, 5.74) is 11.5. The lowest BCUT2D eigenvalue weighted by atomic mass is 10.1. The zero-order valence-electron chi connectivity index (χ0n) is 14.6. The number of nitrogen functional groups attached to an aromatic ring is 1. The summed E-state index contributed by atoms with van der Waals surface area (Å²) in [6.07, 6.45) is 3.40. The number of nitrogens with two attached hydrogens (primary N) is 1. The topological polar surface area (TPSA) is 80.5 Å². The van der Waals surface area contributed by atoms with Crippen LogP contribution in [0.2, 0.25) is 0 Å². The number of benzene rings is 2. The Kier molecular flexibility index (Phi) is 4.02. The number of nitrogens with zero attached hydrogens (tertiary/aromatic N) is 4. The van der Waals surface area contributed by atoms with E-state index in [-0.39, 0.29) is 0 Å². The molecule has 26 heavy (non-hydrogen) atoms. The molecule has 0 amide bonds. The normalized spacial score (nSPS) is 11.1. The van der Waals surface area contributed by atoms with E-state index in [2.05, 4.69) is 30.1 Å². The van der Waals surface area contributed by atoms with Crippen LogP contribution in [0.25, 0.3) is 27.9 Å². The maximum Gasteiger partial charge on any atom is 0.167 e. The van der Waals surface area contributed by atoms with Crippen molar-refractivity contribution < 1.29 is 0 Å². The molecule has 0 aliphatic heterocycles. The number of fused-ring (bicyclic) bond motifs is 2. The summed E-state index contributed by atoms with van der Waals surface area (Å²) >= 11 is 0. The van der Waals surface area contributed by atoms with E-state index in [4.69, 9.17) is 10.7 Å². The van der Waals surface area contributed by atoms with E-state index < -0.39 is 0 Å². The van der Waals surface area contributed by atoms with Crippen LogP contribution in [0.4, 0.5) is 5.82 Å². The molecule has 0 unspecified atom stereocenters. The van der Waals surface area contributed by atoms with Crippen LogP contribution in [0.1, 0.15) is 30.9 Å². The van der Waals surface area contributed by atoms with Crippen molar-refractivity contribution >= 4 is 28.0 Å². The number of hydrogen-bond acceptors (Lipinski definition) is 4. The number of nitriles is 1. The van der Waals surface area contributed by atoms with Crippen molar-refractivity contribution in [3.8, 4) is 11.8 Å². The fourth-order valence-corrected chi connectivity index (χ4v) is 3.23. The van der Waals surface area contributed by atoms with Crippen molar-refractivity contribution in [1.82, 2.24) is 14.5 Å². The Balaban J connectivity index is 1.93. The maximum atomic E-state index is 9.58. The van der Waals surface area contributed by atoms with Crippen molar-refractivity contribution in [3.05, 3.63) is 59.7 Å². The molecule has 0 radical (unpaired) electrons. The first kappa shape index (κ1) is 16.1. The molecule has 0 atom stereocenters. The molecule has 0 saturated carbocycles. The molecular weight excluding hydrogens is 322 g/mol. The highest BCUT2D eigenvalue weighted by Crippen LogP contribution is 2.30. The molecule has 0 aliphatic carbocycles. The molecule has 5 nitrogen and oxygen atoms in total. The first-order valence-electron chi connectivity index (χ1n) is 8.79. The Labute approximate surface area is 151 Å². The Bertz CT molecular complexity index is 1130. The second-order valence-electron chi connectivity index (χ2n) is 6.36. The lowest BCUT2D eigenvalue weighted by molar-refractivity contribution is 0.795. The largest absolute Gasteiger partial charge is 0.384 e. The van der Waals surface area contributed by atoms with Gasteiger partial charge in [-0.3, -0.25) is 4.57 Å². The van der Waals surface area contributed by atoms with Gasteiger partial charge in [-0.25, -0.2) is 9.97 Å². The number of hydrogen-bond donors (Lipinski definition) is 1. The van der Waals surface area contributed by atoms with E-state index >= 15 is 0 Å². The third-order valence-electron chi connectivity index (χ3n) is 4.62. The standard InChI is InChI=1S/C21H19N5/c1-2-3-6-14-9-11-15(12-10-14)26-20(23)16(13-22)19-21(26)25-18-8-5-4-7-17(18)24-19/h4-5,7-12H,2-3,6,23H2,1H3. The fourth-order valence-electron chi connectivity index (χ4n) is 3.23. The minimum absolute atomic E-state index is 0.369. The van der Waals surface area contributed by atoms with Crippen molar-refractivity contribution in [2.45, 2.75) is 26.2 Å². The number of aryl methyl sites for hydroxylation is 1. The van der Waals surface area contributed by atoms with Crippen LogP contribution in [0.15, 0.2) is 48.5 Å². The molecule has 0 fully saturated rings. The minimum atomic E-state index is 0.369. The van der Waals surface area contributed by atoms with Gasteiger partial charge >= 0.3 is 0 Å². The molecule has 2 heterocycles. The molecule has 4 aromatic rings. The fraction of sp³-hybridized carbons (Fsp3) is 0.190. The summed E-state index contributed by atoms with van der Waals surface area (Å²) in [4.78, 5) is 9.35. The van der Waals surface area contributed by atoms with Gasteiger partial charge in [-0.1, -0.05) is 37.6 Å². The Morgan fingerprint density at radius 3 is 2.38 bits per heavy atom. The summed E-state index contributed by atoms with van der Waals surface area (Å²) in [5.74, 6) is 0.374. The van der Waals surface area contributed by atoms with Gasteiger partial charge in [-0.05, 0) is 42.7 Å². The van der Waals surface area contributed by atoms with Gasteiger partial charge in [0.25, 0.3) is 0 Å². The van der Waals surface area contributed by atoms with E-state index in [1.807, 2.05) is 41.0 Å². The highest BCUT2D eigenvalue weighted by molar-refractivity contribution is 5.93. The van der Waals surface area contributed by atoms with Crippen LogP contribution in [0.3, 0.4) is 0 Å². The molecule has 2 aromatic carbocycles. The zero-order valence-corrected chi connectivity index (χ0v) is 14.6. The van der Waals surface area contributed by atoms with Crippen LogP contribution in [0, 0.1) is 11.3 Å². The van der Waals surface area contributed by atoms with Crippen molar-refractivity contribution in [1.29, 1.82) is 5.26 Å². The number of aromatic nitrogens is 3. The second-order valence-corrected chi connectivity index (χ2v) is 6.36. The lowest BCUT2D eigenvalue weighted by Gasteiger charge is -2.09. The van der Waals surface area contributed by atoms with E-state index in [1.165, 1.54) is 18.4 Å². The number of anilines is 1. The monoisotopic (exact) mass is 341 g/mol. The quantitative estimate of drug-likeness (QED) is 0.597. The van der Waals surface area contributed by atoms with Crippen LogP contribution in [-0.2, 0) is 6.42 Å². The van der Waals surface area contributed by atoms with E-state index in [0.29, 0.717) is 22.5 Å². The smallest absolute Gasteiger partial charge is 0.167 e. The SMILES string of the molecule is CCCCc1ccc(-n2c(N)c(C#N)c3nc4ccccc4nc32)cc1. The summed E-state index contributed by atoms with van der Waals surface area (Å²) in [6.45, 7) is 2.19. The summed E-state index contributed by atoms with van der Waals surface area (Å²) in [5, 5.41) is 9.58. The predicted molar refractivity (Wildman–Crippen MR) is 104 cm³/mol. The maximum absolute atomic E-state index is 9.58.